The van der Waals surface area contributed by atoms with Crippen LogP contribution in [0.4, 0.5) is 0 Å². The van der Waals surface area contributed by atoms with Crippen molar-refractivity contribution in [2.24, 2.45) is 17.3 Å². The molecule has 2 aliphatic rings. The number of hydrogen-bond acceptors (Lipinski definition) is 3. The van der Waals surface area contributed by atoms with E-state index in [9.17, 15) is 9.59 Å². The van der Waals surface area contributed by atoms with Crippen LogP contribution in [-0.4, -0.2) is 36.9 Å². The highest BCUT2D eigenvalue weighted by molar-refractivity contribution is 5.99. The van der Waals surface area contributed by atoms with Gasteiger partial charge in [-0.25, -0.2) is 0 Å². The molecule has 0 bridgehead atoms. The third kappa shape index (κ3) is 2.23. The molecule has 2 aliphatic heterocycles. The Kier molecular flexibility index (Phi) is 3.25. The van der Waals surface area contributed by atoms with Crippen molar-refractivity contribution in [3.05, 3.63) is 0 Å². The number of imide groups is 1. The van der Waals surface area contributed by atoms with E-state index in [1.165, 1.54) is 0 Å². The van der Waals surface area contributed by atoms with Gasteiger partial charge in [-0.15, -0.1) is 0 Å². The fourth-order valence-corrected chi connectivity index (χ4v) is 3.53. The summed E-state index contributed by atoms with van der Waals surface area (Å²) in [7, 11) is 2.10. The predicted octanol–water partition coefficient (Wildman–Crippen LogP) is 1.02. The highest BCUT2D eigenvalue weighted by Crippen LogP contribution is 2.46. The Morgan fingerprint density at radius 2 is 1.88 bits per heavy atom. The minimum Gasteiger partial charge on any atom is -0.306 e. The Balaban J connectivity index is 2.26. The smallest absolute Gasteiger partial charge is 0.230 e. The third-order valence-corrected chi connectivity index (χ3v) is 4.37. The minimum atomic E-state index is -0.0866. The van der Waals surface area contributed by atoms with Crippen molar-refractivity contribution in [1.82, 2.24) is 10.2 Å². The number of carbonyl (C=O) groups is 2. The predicted molar refractivity (Wildman–Crippen MR) is 65.3 cm³/mol. The molecule has 2 amide bonds. The lowest BCUT2D eigenvalue weighted by molar-refractivity contribution is -0.148. The van der Waals surface area contributed by atoms with Gasteiger partial charge in [-0.2, -0.15) is 0 Å². The van der Waals surface area contributed by atoms with Crippen LogP contribution in [0, 0.1) is 17.3 Å². The van der Waals surface area contributed by atoms with Crippen molar-refractivity contribution in [2.75, 3.05) is 20.1 Å². The summed E-state index contributed by atoms with van der Waals surface area (Å²) in [6.45, 7) is 6.15. The van der Waals surface area contributed by atoms with Crippen molar-refractivity contribution in [1.29, 1.82) is 0 Å². The van der Waals surface area contributed by atoms with Crippen molar-refractivity contribution in [2.45, 2.75) is 33.1 Å². The molecular formula is C13H22N2O2. The number of hydrogen-bond donors (Lipinski definition) is 1. The van der Waals surface area contributed by atoms with E-state index in [1.54, 1.807) is 0 Å². The molecule has 4 nitrogen and oxygen atoms in total. The average molecular weight is 238 g/mol. The van der Waals surface area contributed by atoms with Crippen LogP contribution in [0.2, 0.25) is 0 Å². The number of carbonyl (C=O) groups excluding carboxylic acids is 2. The topological polar surface area (TPSA) is 49.4 Å². The van der Waals surface area contributed by atoms with Gasteiger partial charge in [0, 0.05) is 12.3 Å². The van der Waals surface area contributed by atoms with Crippen molar-refractivity contribution in [3.8, 4) is 0 Å². The quantitative estimate of drug-likeness (QED) is 0.694. The molecule has 1 atom stereocenters. The van der Waals surface area contributed by atoms with Crippen LogP contribution in [0.3, 0.4) is 0 Å². The second kappa shape index (κ2) is 4.41. The lowest BCUT2D eigenvalue weighted by Crippen LogP contribution is -2.57. The lowest BCUT2D eigenvalue weighted by Gasteiger charge is -2.48. The fourth-order valence-electron chi connectivity index (χ4n) is 3.53. The Hall–Kier alpha value is -0.900. The van der Waals surface area contributed by atoms with Gasteiger partial charge >= 0.3 is 0 Å². The van der Waals surface area contributed by atoms with Gasteiger partial charge in [0.15, 0.2) is 0 Å². The van der Waals surface area contributed by atoms with E-state index < -0.39 is 0 Å². The number of piperidine rings is 2. The molecule has 1 spiro atoms. The largest absolute Gasteiger partial charge is 0.306 e. The summed E-state index contributed by atoms with van der Waals surface area (Å²) >= 11 is 0. The highest BCUT2D eigenvalue weighted by atomic mass is 16.2. The molecule has 2 fully saturated rings. The molecule has 0 saturated carbocycles. The van der Waals surface area contributed by atoms with Crippen molar-refractivity contribution in [3.63, 3.8) is 0 Å². The summed E-state index contributed by atoms with van der Waals surface area (Å²) in [5.41, 5.74) is -0.0832. The van der Waals surface area contributed by atoms with E-state index in [-0.39, 0.29) is 23.1 Å². The maximum atomic E-state index is 12.1. The molecule has 2 saturated heterocycles. The average Bonchev–Trinajstić information content (AvgIpc) is 2.21. The Morgan fingerprint density at radius 3 is 2.41 bits per heavy atom. The molecule has 0 aromatic rings. The highest BCUT2D eigenvalue weighted by Gasteiger charge is 2.50. The molecule has 1 N–H and O–H groups in total. The summed E-state index contributed by atoms with van der Waals surface area (Å²) in [4.78, 5) is 26.0. The first-order valence-electron chi connectivity index (χ1n) is 6.47. The van der Waals surface area contributed by atoms with Crippen molar-refractivity contribution < 1.29 is 9.59 Å². The van der Waals surface area contributed by atoms with Crippen LogP contribution in [0.25, 0.3) is 0 Å². The zero-order valence-corrected chi connectivity index (χ0v) is 11.0. The first kappa shape index (κ1) is 12.6. The molecule has 0 aromatic heterocycles. The molecule has 1 unspecified atom stereocenters. The van der Waals surface area contributed by atoms with Gasteiger partial charge in [0.1, 0.15) is 0 Å². The van der Waals surface area contributed by atoms with Crippen LogP contribution < -0.4 is 5.32 Å². The summed E-state index contributed by atoms with van der Waals surface area (Å²) in [6, 6.07) is 0. The monoisotopic (exact) mass is 238 g/mol. The number of rotatable bonds is 1. The van der Waals surface area contributed by atoms with E-state index in [0.29, 0.717) is 12.3 Å². The third-order valence-electron chi connectivity index (χ3n) is 4.37. The van der Waals surface area contributed by atoms with Crippen LogP contribution in [-0.2, 0) is 9.59 Å². The van der Waals surface area contributed by atoms with Crippen LogP contribution in [0.15, 0.2) is 0 Å². The molecule has 96 valence electrons. The lowest BCUT2D eigenvalue weighted by atomic mass is 9.61. The van der Waals surface area contributed by atoms with Gasteiger partial charge in [-0.1, -0.05) is 13.8 Å². The Morgan fingerprint density at radius 1 is 1.29 bits per heavy atom. The van der Waals surface area contributed by atoms with E-state index in [2.05, 4.69) is 31.1 Å². The number of amides is 2. The van der Waals surface area contributed by atoms with E-state index >= 15 is 0 Å². The first-order valence-corrected chi connectivity index (χ1v) is 6.47. The zero-order valence-electron chi connectivity index (χ0n) is 11.0. The van der Waals surface area contributed by atoms with E-state index in [0.717, 1.165) is 25.9 Å². The van der Waals surface area contributed by atoms with Gasteiger partial charge in [-0.05, 0) is 44.3 Å². The minimum absolute atomic E-state index is 0.00565. The van der Waals surface area contributed by atoms with Crippen LogP contribution in [0.1, 0.15) is 33.1 Å². The van der Waals surface area contributed by atoms with Gasteiger partial charge in [-0.3, -0.25) is 14.9 Å². The summed E-state index contributed by atoms with van der Waals surface area (Å²) < 4.78 is 0. The fraction of sp³-hybridized carbons (Fsp3) is 0.846. The van der Waals surface area contributed by atoms with Gasteiger partial charge < -0.3 is 4.90 Å². The SMILES string of the molecule is CC(C)C1C(=O)NC(=O)CC12CCN(C)CC2. The molecular weight excluding hydrogens is 216 g/mol. The number of nitrogens with zero attached hydrogens (tertiary/aromatic N) is 1. The van der Waals surface area contributed by atoms with Crippen molar-refractivity contribution >= 4 is 11.8 Å². The number of nitrogens with one attached hydrogen (secondary N) is 1. The van der Waals surface area contributed by atoms with E-state index in [1.807, 2.05) is 0 Å². The van der Waals surface area contributed by atoms with Crippen LogP contribution in [0.5, 0.6) is 0 Å². The molecule has 2 rings (SSSR count). The standard InChI is InChI=1S/C13H22N2O2/c1-9(2)11-12(17)14-10(16)8-13(11)4-6-15(3)7-5-13/h9,11H,4-8H2,1-3H3,(H,14,16,17). The van der Waals surface area contributed by atoms with Gasteiger partial charge in [0.2, 0.25) is 11.8 Å². The van der Waals surface area contributed by atoms with Crippen LogP contribution >= 0.6 is 0 Å². The first-order chi connectivity index (χ1) is 7.94. The molecule has 4 heteroatoms. The second-order valence-electron chi connectivity index (χ2n) is 5.98. The molecule has 0 aromatic carbocycles. The Bertz CT molecular complexity index is 330. The van der Waals surface area contributed by atoms with Gasteiger partial charge in [0.05, 0.1) is 0 Å². The van der Waals surface area contributed by atoms with Gasteiger partial charge in [0.25, 0.3) is 0 Å². The zero-order chi connectivity index (χ0) is 12.6. The normalized spacial score (nSPS) is 29.8. The summed E-state index contributed by atoms with van der Waals surface area (Å²) in [5.74, 6) is 0.151. The summed E-state index contributed by atoms with van der Waals surface area (Å²) in [5, 5.41) is 2.50. The van der Waals surface area contributed by atoms with E-state index in [4.69, 9.17) is 0 Å². The summed E-state index contributed by atoms with van der Waals surface area (Å²) in [6.07, 6.45) is 2.45. The maximum absolute atomic E-state index is 12.1. The molecule has 0 radical (unpaired) electrons. The second-order valence-corrected chi connectivity index (χ2v) is 5.98. The molecule has 17 heavy (non-hydrogen) atoms. The number of likely N-dealkylation sites (tertiary alicyclic amines) is 1. The Labute approximate surface area is 103 Å². The molecule has 0 aliphatic carbocycles. The molecule has 2 heterocycles. The maximum Gasteiger partial charge on any atom is 0.230 e.